The molecule has 0 saturated carbocycles. The Kier molecular flexibility index (Phi) is 7.94. The summed E-state index contributed by atoms with van der Waals surface area (Å²) in [5.74, 6) is 0.197. The Hall–Kier alpha value is -0.970. The lowest BCUT2D eigenvalue weighted by atomic mass is 10.1. The molecule has 4 nitrogen and oxygen atoms in total. The van der Waals surface area contributed by atoms with Gasteiger partial charge in [0.2, 0.25) is 0 Å². The first kappa shape index (κ1) is 19.0. The lowest BCUT2D eigenvalue weighted by molar-refractivity contribution is -0.159. The molecule has 0 aliphatic carbocycles. The third kappa shape index (κ3) is 6.46. The normalized spacial score (nSPS) is 10.9. The lowest BCUT2D eigenvalue weighted by Gasteiger charge is -2.24. The van der Waals surface area contributed by atoms with E-state index in [9.17, 15) is 4.79 Å². The molecule has 0 saturated heterocycles. The van der Waals surface area contributed by atoms with Crippen LogP contribution in [0.15, 0.2) is 24.3 Å². The first-order valence-corrected chi connectivity index (χ1v) is 6.45. The van der Waals surface area contributed by atoms with Crippen molar-refractivity contribution in [1.29, 1.82) is 0 Å². The molecule has 6 heteroatoms. The molecule has 0 N–H and O–H groups in total. The van der Waals surface area contributed by atoms with Crippen LogP contribution >= 0.6 is 24.0 Å². The maximum absolute atomic E-state index is 11.9. The van der Waals surface area contributed by atoms with Crippen molar-refractivity contribution < 1.29 is 14.3 Å². The van der Waals surface area contributed by atoms with Crippen LogP contribution in [0, 0.1) is 0 Å². The first-order chi connectivity index (χ1) is 8.81. The minimum atomic E-state index is -1.03. The summed E-state index contributed by atoms with van der Waals surface area (Å²) in [6, 6.07) is 6.86. The second-order valence-corrected chi connectivity index (χ2v) is 5.44. The average molecular weight is 322 g/mol. The third-order valence-corrected chi connectivity index (χ3v) is 2.70. The Morgan fingerprint density at radius 1 is 1.25 bits per heavy atom. The van der Waals surface area contributed by atoms with Gasteiger partial charge in [0.1, 0.15) is 12.4 Å². The zero-order valence-corrected chi connectivity index (χ0v) is 13.8. The Bertz CT molecular complexity index is 419. The molecule has 1 aromatic carbocycles. The Balaban J connectivity index is 0.00000361. The number of nitrogens with zero attached hydrogens (tertiary/aromatic N) is 1. The number of hydrogen-bond donors (Lipinski definition) is 0. The number of rotatable bonds is 6. The summed E-state index contributed by atoms with van der Waals surface area (Å²) in [6.07, 6.45) is 0. The van der Waals surface area contributed by atoms with Crippen molar-refractivity contribution in [2.75, 3.05) is 27.2 Å². The molecule has 0 bridgehead atoms. The van der Waals surface area contributed by atoms with E-state index < -0.39 is 5.60 Å². The predicted molar refractivity (Wildman–Crippen MR) is 82.9 cm³/mol. The molecule has 0 fully saturated rings. The molecule has 0 aromatic heterocycles. The lowest BCUT2D eigenvalue weighted by Crippen LogP contribution is -2.40. The molecule has 0 heterocycles. The maximum atomic E-state index is 11.9. The monoisotopic (exact) mass is 321 g/mol. The largest absolute Gasteiger partial charge is 0.476 e. The van der Waals surface area contributed by atoms with E-state index in [1.807, 2.05) is 19.0 Å². The van der Waals surface area contributed by atoms with Crippen molar-refractivity contribution in [2.24, 2.45) is 0 Å². The average Bonchev–Trinajstić information content (AvgIpc) is 2.31. The van der Waals surface area contributed by atoms with Crippen LogP contribution in [-0.2, 0) is 9.53 Å². The van der Waals surface area contributed by atoms with Gasteiger partial charge in [-0.05, 0) is 52.2 Å². The molecule has 0 unspecified atom stereocenters. The topological polar surface area (TPSA) is 38.8 Å². The number of likely N-dealkylation sites (N-methyl/N-ethyl adjacent to an activating group) is 1. The van der Waals surface area contributed by atoms with E-state index >= 15 is 0 Å². The molecule has 0 aliphatic heterocycles. The van der Waals surface area contributed by atoms with Crippen molar-refractivity contribution in [3.8, 4) is 5.75 Å². The minimum Gasteiger partial charge on any atom is -0.476 e. The summed E-state index contributed by atoms with van der Waals surface area (Å²) >= 11 is 5.79. The molecule has 20 heavy (non-hydrogen) atoms. The summed E-state index contributed by atoms with van der Waals surface area (Å²) in [5, 5.41) is 0.624. The van der Waals surface area contributed by atoms with Crippen molar-refractivity contribution in [3.63, 3.8) is 0 Å². The number of benzene rings is 1. The molecule has 1 rings (SSSR count). The van der Waals surface area contributed by atoms with Gasteiger partial charge in [-0.3, -0.25) is 0 Å². The Morgan fingerprint density at radius 2 is 1.80 bits per heavy atom. The van der Waals surface area contributed by atoms with Crippen LogP contribution in [0.4, 0.5) is 0 Å². The van der Waals surface area contributed by atoms with E-state index in [0.29, 0.717) is 23.9 Å². The highest BCUT2D eigenvalue weighted by Gasteiger charge is 2.31. The Labute approximate surface area is 131 Å². The van der Waals surface area contributed by atoms with E-state index in [2.05, 4.69) is 0 Å². The fourth-order valence-electron chi connectivity index (χ4n) is 1.33. The fourth-order valence-corrected chi connectivity index (χ4v) is 1.46. The minimum absolute atomic E-state index is 0. The maximum Gasteiger partial charge on any atom is 0.349 e. The predicted octanol–water partition coefficient (Wildman–Crippen LogP) is 3.02. The molecule has 114 valence electrons. The van der Waals surface area contributed by atoms with Crippen molar-refractivity contribution in [2.45, 2.75) is 19.4 Å². The molecule has 0 aliphatic rings. The van der Waals surface area contributed by atoms with E-state index in [4.69, 9.17) is 21.1 Å². The van der Waals surface area contributed by atoms with Gasteiger partial charge in [-0.15, -0.1) is 12.4 Å². The van der Waals surface area contributed by atoms with Gasteiger partial charge in [0.15, 0.2) is 5.60 Å². The fraction of sp³-hybridized carbons (Fsp3) is 0.500. The summed E-state index contributed by atoms with van der Waals surface area (Å²) in [5.41, 5.74) is -1.03. The van der Waals surface area contributed by atoms with Gasteiger partial charge < -0.3 is 14.4 Å². The third-order valence-electron chi connectivity index (χ3n) is 2.45. The van der Waals surface area contributed by atoms with E-state index in [-0.39, 0.29) is 18.4 Å². The van der Waals surface area contributed by atoms with E-state index in [0.717, 1.165) is 0 Å². The summed E-state index contributed by atoms with van der Waals surface area (Å²) < 4.78 is 10.8. The number of carbonyl (C=O) groups excluding carboxylic acids is 1. The van der Waals surface area contributed by atoms with Crippen LogP contribution < -0.4 is 4.74 Å². The molecule has 0 radical (unpaired) electrons. The molecule has 0 amide bonds. The zero-order chi connectivity index (χ0) is 14.5. The number of halogens is 2. The van der Waals surface area contributed by atoms with E-state index in [1.165, 1.54) is 0 Å². The van der Waals surface area contributed by atoms with Gasteiger partial charge >= 0.3 is 5.97 Å². The highest BCUT2D eigenvalue weighted by Crippen LogP contribution is 2.21. The van der Waals surface area contributed by atoms with Gasteiger partial charge in [0.05, 0.1) is 0 Å². The van der Waals surface area contributed by atoms with Crippen LogP contribution in [0.1, 0.15) is 13.8 Å². The van der Waals surface area contributed by atoms with Crippen LogP contribution in [0.2, 0.25) is 5.02 Å². The highest BCUT2D eigenvalue weighted by atomic mass is 35.5. The number of esters is 1. The van der Waals surface area contributed by atoms with Crippen molar-refractivity contribution in [3.05, 3.63) is 29.3 Å². The number of ether oxygens (including phenoxy) is 2. The van der Waals surface area contributed by atoms with Crippen LogP contribution in [-0.4, -0.2) is 43.7 Å². The number of carbonyl (C=O) groups is 1. The summed E-state index contributed by atoms with van der Waals surface area (Å²) in [6.45, 7) is 4.39. The van der Waals surface area contributed by atoms with Gasteiger partial charge in [-0.1, -0.05) is 11.6 Å². The molecule has 0 atom stereocenters. The smallest absolute Gasteiger partial charge is 0.349 e. The van der Waals surface area contributed by atoms with Gasteiger partial charge in [-0.2, -0.15) is 0 Å². The van der Waals surface area contributed by atoms with Gasteiger partial charge in [-0.25, -0.2) is 4.79 Å². The highest BCUT2D eigenvalue weighted by molar-refractivity contribution is 6.30. The summed E-state index contributed by atoms with van der Waals surface area (Å²) in [7, 11) is 3.84. The van der Waals surface area contributed by atoms with Crippen molar-refractivity contribution in [1.82, 2.24) is 4.90 Å². The van der Waals surface area contributed by atoms with Gasteiger partial charge in [0.25, 0.3) is 0 Å². The van der Waals surface area contributed by atoms with Crippen LogP contribution in [0.25, 0.3) is 0 Å². The second kappa shape index (κ2) is 8.35. The number of hydrogen-bond acceptors (Lipinski definition) is 4. The quantitative estimate of drug-likeness (QED) is 0.755. The van der Waals surface area contributed by atoms with Crippen molar-refractivity contribution >= 4 is 30.0 Å². The molecular weight excluding hydrogens is 301 g/mol. The second-order valence-electron chi connectivity index (χ2n) is 5.01. The van der Waals surface area contributed by atoms with E-state index in [1.54, 1.807) is 38.1 Å². The summed E-state index contributed by atoms with van der Waals surface area (Å²) in [4.78, 5) is 13.9. The zero-order valence-electron chi connectivity index (χ0n) is 12.2. The first-order valence-electron chi connectivity index (χ1n) is 6.08. The Morgan fingerprint density at radius 3 is 2.30 bits per heavy atom. The van der Waals surface area contributed by atoms with Crippen LogP contribution in [0.5, 0.6) is 5.75 Å². The molecular formula is C14H21Cl2NO3. The standard InChI is InChI=1S/C14H20ClNO3.ClH/c1-14(2,13(17)18-10-9-16(3)4)19-12-7-5-11(15)6-8-12;/h5-8H,9-10H2,1-4H3;1H. The SMILES string of the molecule is CN(C)CCOC(=O)C(C)(C)Oc1ccc(Cl)cc1.Cl. The van der Waals surface area contributed by atoms with Crippen LogP contribution in [0.3, 0.4) is 0 Å². The molecule has 0 spiro atoms. The van der Waals surface area contributed by atoms with Gasteiger partial charge in [0, 0.05) is 11.6 Å². The molecule has 1 aromatic rings.